The lowest BCUT2D eigenvalue weighted by molar-refractivity contribution is -0.143. The molecular formula is C25H26N2O5S. The van der Waals surface area contributed by atoms with E-state index in [9.17, 15) is 19.2 Å². The number of nitrogens with one attached hydrogen (secondary N) is 1. The van der Waals surface area contributed by atoms with Gasteiger partial charge in [-0.1, -0.05) is 60.3 Å². The number of methoxy groups -OCH3 is 1. The molecule has 2 aliphatic rings. The average Bonchev–Trinajstić information content (AvgIpc) is 3.14. The molecule has 0 aliphatic carbocycles. The maximum Gasteiger partial charge on any atom is 0.329 e. The minimum absolute atomic E-state index is 0.166. The third-order valence-electron chi connectivity index (χ3n) is 6.06. The molecule has 8 heteroatoms. The first kappa shape index (κ1) is 23.0. The molecule has 4 rings (SSSR count). The van der Waals surface area contributed by atoms with Crippen LogP contribution in [0.1, 0.15) is 30.0 Å². The standard InChI is InChI=1S/C25H26N2O5S/c1-15(28)33-21(13-16-7-4-3-5-8-16)23(29)26-19-12-11-17-9-6-10-18-14-20(25(31)32-2)27(22(17)18)24(19)30/h3-10,19-21H,11-14H2,1-2H3,(H,26,29)/t19?,20-,21+/m0/s1. The van der Waals surface area contributed by atoms with Crippen LogP contribution in [0.2, 0.25) is 0 Å². The summed E-state index contributed by atoms with van der Waals surface area (Å²) < 4.78 is 4.95. The molecule has 1 N–H and O–H groups in total. The van der Waals surface area contributed by atoms with Gasteiger partial charge in [0.2, 0.25) is 11.8 Å². The summed E-state index contributed by atoms with van der Waals surface area (Å²) in [7, 11) is 1.31. The Bertz CT molecular complexity index is 1090. The molecule has 0 radical (unpaired) electrons. The van der Waals surface area contributed by atoms with E-state index in [1.807, 2.05) is 48.5 Å². The Morgan fingerprint density at radius 2 is 1.85 bits per heavy atom. The highest BCUT2D eigenvalue weighted by molar-refractivity contribution is 8.14. The summed E-state index contributed by atoms with van der Waals surface area (Å²) in [6, 6.07) is 13.7. The monoisotopic (exact) mass is 466 g/mol. The van der Waals surface area contributed by atoms with Crippen molar-refractivity contribution in [2.75, 3.05) is 12.0 Å². The zero-order valence-electron chi connectivity index (χ0n) is 18.6. The van der Waals surface area contributed by atoms with Gasteiger partial charge in [-0.2, -0.15) is 0 Å². The molecule has 0 bridgehead atoms. The van der Waals surface area contributed by atoms with Gasteiger partial charge in [0.15, 0.2) is 5.12 Å². The lowest BCUT2D eigenvalue weighted by Crippen LogP contribution is -2.54. The average molecular weight is 467 g/mol. The first-order valence-electron chi connectivity index (χ1n) is 10.9. The molecule has 2 aromatic carbocycles. The van der Waals surface area contributed by atoms with Crippen LogP contribution in [0, 0.1) is 0 Å². The number of anilines is 1. The third kappa shape index (κ3) is 4.80. The summed E-state index contributed by atoms with van der Waals surface area (Å²) in [4.78, 5) is 52.6. The summed E-state index contributed by atoms with van der Waals surface area (Å²) in [5.41, 5.74) is 3.59. The number of rotatable bonds is 6. The summed E-state index contributed by atoms with van der Waals surface area (Å²) in [6.45, 7) is 1.43. The van der Waals surface area contributed by atoms with E-state index >= 15 is 0 Å². The molecule has 172 valence electrons. The van der Waals surface area contributed by atoms with Gasteiger partial charge in [-0.25, -0.2) is 4.79 Å². The second-order valence-electron chi connectivity index (χ2n) is 8.26. The predicted octanol–water partition coefficient (Wildman–Crippen LogP) is 2.44. The van der Waals surface area contributed by atoms with Crippen LogP contribution < -0.4 is 10.2 Å². The summed E-state index contributed by atoms with van der Waals surface area (Å²) >= 11 is 0.961. The van der Waals surface area contributed by atoms with Gasteiger partial charge in [0.05, 0.1) is 18.0 Å². The maximum atomic E-state index is 13.6. The predicted molar refractivity (Wildman–Crippen MR) is 126 cm³/mol. The number of thioether (sulfide) groups is 1. The van der Waals surface area contributed by atoms with Crippen LogP contribution in [-0.4, -0.2) is 47.3 Å². The Hall–Kier alpha value is -3.13. The molecule has 1 unspecified atom stereocenters. The highest BCUT2D eigenvalue weighted by Gasteiger charge is 2.44. The van der Waals surface area contributed by atoms with Crippen molar-refractivity contribution in [3.63, 3.8) is 0 Å². The van der Waals surface area contributed by atoms with Crippen molar-refractivity contribution in [3.8, 4) is 0 Å². The van der Waals surface area contributed by atoms with Crippen LogP contribution in [-0.2, 0) is 43.2 Å². The number of esters is 1. The van der Waals surface area contributed by atoms with Gasteiger partial charge in [-0.05, 0) is 36.0 Å². The smallest absolute Gasteiger partial charge is 0.329 e. The number of nitrogens with zero attached hydrogens (tertiary/aromatic N) is 1. The van der Waals surface area contributed by atoms with Crippen LogP contribution >= 0.6 is 11.8 Å². The van der Waals surface area contributed by atoms with Gasteiger partial charge in [0, 0.05) is 13.3 Å². The Balaban J connectivity index is 1.58. The second-order valence-corrected chi connectivity index (χ2v) is 9.64. The van der Waals surface area contributed by atoms with Gasteiger partial charge in [-0.3, -0.25) is 19.3 Å². The van der Waals surface area contributed by atoms with E-state index in [1.165, 1.54) is 18.9 Å². The fourth-order valence-corrected chi connectivity index (χ4v) is 5.42. The molecule has 0 aromatic heterocycles. The quantitative estimate of drug-likeness (QED) is 0.658. The van der Waals surface area contributed by atoms with Crippen molar-refractivity contribution >= 4 is 40.3 Å². The molecule has 0 fully saturated rings. The van der Waals surface area contributed by atoms with Gasteiger partial charge in [-0.15, -0.1) is 0 Å². The molecule has 3 atom stereocenters. The molecule has 0 saturated carbocycles. The number of amides is 2. The van der Waals surface area contributed by atoms with Gasteiger partial charge < -0.3 is 10.1 Å². The van der Waals surface area contributed by atoms with E-state index in [2.05, 4.69) is 5.32 Å². The number of aryl methyl sites for hydroxylation is 1. The van der Waals surface area contributed by atoms with Gasteiger partial charge in [0.1, 0.15) is 12.1 Å². The van der Waals surface area contributed by atoms with E-state index in [0.29, 0.717) is 25.7 Å². The van der Waals surface area contributed by atoms with Crippen molar-refractivity contribution in [1.29, 1.82) is 0 Å². The maximum absolute atomic E-state index is 13.6. The number of ether oxygens (including phenoxy) is 1. The Morgan fingerprint density at radius 3 is 2.55 bits per heavy atom. The molecule has 2 aliphatic heterocycles. The molecule has 2 heterocycles. The third-order valence-corrected chi connectivity index (χ3v) is 7.06. The van der Waals surface area contributed by atoms with Crippen LogP contribution in [0.4, 0.5) is 5.69 Å². The molecule has 2 amide bonds. The minimum atomic E-state index is -0.797. The Morgan fingerprint density at radius 1 is 1.12 bits per heavy atom. The number of carbonyl (C=O) groups excluding carboxylic acids is 4. The molecule has 2 aromatic rings. The topological polar surface area (TPSA) is 92.8 Å². The van der Waals surface area contributed by atoms with Crippen molar-refractivity contribution in [2.24, 2.45) is 0 Å². The first-order chi connectivity index (χ1) is 15.9. The minimum Gasteiger partial charge on any atom is -0.467 e. The van der Waals surface area contributed by atoms with E-state index in [0.717, 1.165) is 34.1 Å². The highest BCUT2D eigenvalue weighted by Crippen LogP contribution is 2.39. The van der Waals surface area contributed by atoms with Crippen molar-refractivity contribution in [3.05, 3.63) is 65.2 Å². The first-order valence-corrected chi connectivity index (χ1v) is 11.8. The molecule has 7 nitrogen and oxygen atoms in total. The lowest BCUT2D eigenvalue weighted by atomic mass is 10.0. The number of hydrogen-bond acceptors (Lipinski definition) is 6. The van der Waals surface area contributed by atoms with Crippen LogP contribution in [0.3, 0.4) is 0 Å². The molecule has 0 spiro atoms. The summed E-state index contributed by atoms with van der Waals surface area (Å²) in [5, 5.41) is 2.05. The van der Waals surface area contributed by atoms with E-state index in [-0.39, 0.29) is 16.9 Å². The lowest BCUT2D eigenvalue weighted by Gasteiger charge is -2.27. The van der Waals surface area contributed by atoms with Crippen LogP contribution in [0.5, 0.6) is 0 Å². The molecular weight excluding hydrogens is 440 g/mol. The highest BCUT2D eigenvalue weighted by atomic mass is 32.2. The van der Waals surface area contributed by atoms with Crippen molar-refractivity contribution in [1.82, 2.24) is 5.32 Å². The fourth-order valence-electron chi connectivity index (χ4n) is 4.57. The summed E-state index contributed by atoms with van der Waals surface area (Å²) in [5.74, 6) is -1.17. The Kier molecular flexibility index (Phi) is 6.83. The Labute approximate surface area is 196 Å². The van der Waals surface area contributed by atoms with Crippen molar-refractivity contribution in [2.45, 2.75) is 49.9 Å². The SMILES string of the molecule is COC(=O)[C@@H]1Cc2cccc3c2N1C(=O)C(NC(=O)[C@@H](Cc1ccccc1)SC(C)=O)CC3. The van der Waals surface area contributed by atoms with Crippen molar-refractivity contribution < 1.29 is 23.9 Å². The normalized spacial score (nSPS) is 19.9. The number of hydrogen-bond donors (Lipinski definition) is 1. The molecule has 0 saturated heterocycles. The van der Waals surface area contributed by atoms with Crippen LogP contribution in [0.25, 0.3) is 0 Å². The zero-order chi connectivity index (χ0) is 23.5. The van der Waals surface area contributed by atoms with Gasteiger partial charge in [0.25, 0.3) is 0 Å². The number of para-hydroxylation sites is 1. The van der Waals surface area contributed by atoms with E-state index in [4.69, 9.17) is 4.74 Å². The van der Waals surface area contributed by atoms with E-state index in [1.54, 1.807) is 0 Å². The largest absolute Gasteiger partial charge is 0.467 e. The zero-order valence-corrected chi connectivity index (χ0v) is 19.4. The number of carbonyl (C=O) groups is 4. The summed E-state index contributed by atoms with van der Waals surface area (Å²) in [6.07, 6.45) is 1.76. The number of benzene rings is 2. The molecule has 33 heavy (non-hydrogen) atoms. The van der Waals surface area contributed by atoms with Crippen LogP contribution in [0.15, 0.2) is 48.5 Å². The fraction of sp³-hybridized carbons (Fsp3) is 0.360. The van der Waals surface area contributed by atoms with E-state index < -0.39 is 23.3 Å². The van der Waals surface area contributed by atoms with Gasteiger partial charge >= 0.3 is 5.97 Å². The second kappa shape index (κ2) is 9.79.